The minimum absolute atomic E-state index is 0.404. The molecule has 94 valence electrons. The lowest BCUT2D eigenvalue weighted by molar-refractivity contribution is 0.0329. The normalized spacial score (nSPS) is 22.5. The van der Waals surface area contributed by atoms with Crippen LogP contribution in [-0.4, -0.2) is 34.2 Å². The van der Waals surface area contributed by atoms with Crippen LogP contribution in [0.1, 0.15) is 12.8 Å². The van der Waals surface area contributed by atoms with Crippen LogP contribution in [0.2, 0.25) is 0 Å². The zero-order valence-electron chi connectivity index (χ0n) is 10.3. The van der Waals surface area contributed by atoms with Crippen molar-refractivity contribution < 1.29 is 4.74 Å². The van der Waals surface area contributed by atoms with Gasteiger partial charge in [0.1, 0.15) is 0 Å². The SMILES string of the molecule is COC1CC(Nc2ccccc2-n2ccnn2)C1. The molecule has 0 bridgehead atoms. The molecule has 2 aromatic rings. The molecular formula is C13H16N4O. The van der Waals surface area contributed by atoms with Gasteiger partial charge in [-0.05, 0) is 25.0 Å². The molecule has 0 amide bonds. The van der Waals surface area contributed by atoms with Gasteiger partial charge in [0.05, 0.1) is 29.9 Å². The third kappa shape index (κ3) is 2.09. The van der Waals surface area contributed by atoms with Gasteiger partial charge in [-0.3, -0.25) is 0 Å². The molecule has 0 saturated heterocycles. The molecule has 3 rings (SSSR count). The van der Waals surface area contributed by atoms with Crippen LogP contribution >= 0.6 is 0 Å². The van der Waals surface area contributed by atoms with E-state index in [1.807, 2.05) is 24.4 Å². The first-order valence-corrected chi connectivity index (χ1v) is 6.12. The minimum atomic E-state index is 0.404. The van der Waals surface area contributed by atoms with Gasteiger partial charge in [0, 0.05) is 13.2 Å². The topological polar surface area (TPSA) is 52.0 Å². The summed E-state index contributed by atoms with van der Waals surface area (Å²) in [5, 5.41) is 11.4. The van der Waals surface area contributed by atoms with Gasteiger partial charge in [0.15, 0.2) is 0 Å². The lowest BCUT2D eigenvalue weighted by Crippen LogP contribution is -2.40. The minimum Gasteiger partial charge on any atom is -0.381 e. The second kappa shape index (κ2) is 4.78. The highest BCUT2D eigenvalue weighted by molar-refractivity contribution is 5.61. The highest BCUT2D eigenvalue weighted by atomic mass is 16.5. The summed E-state index contributed by atoms with van der Waals surface area (Å²) in [4.78, 5) is 0. The first kappa shape index (κ1) is 11.2. The Bertz CT molecular complexity index is 505. The summed E-state index contributed by atoms with van der Waals surface area (Å²) < 4.78 is 7.06. The fourth-order valence-corrected chi connectivity index (χ4v) is 2.23. The van der Waals surface area contributed by atoms with Crippen LogP contribution in [0.3, 0.4) is 0 Å². The van der Waals surface area contributed by atoms with Crippen LogP contribution in [0, 0.1) is 0 Å². The molecule has 0 atom stereocenters. The zero-order valence-corrected chi connectivity index (χ0v) is 10.3. The van der Waals surface area contributed by atoms with Crippen LogP contribution in [-0.2, 0) is 4.74 Å². The Labute approximate surface area is 106 Å². The Morgan fingerprint density at radius 1 is 1.33 bits per heavy atom. The van der Waals surface area contributed by atoms with E-state index >= 15 is 0 Å². The van der Waals surface area contributed by atoms with Gasteiger partial charge in [0.25, 0.3) is 0 Å². The van der Waals surface area contributed by atoms with Gasteiger partial charge in [-0.1, -0.05) is 17.3 Å². The van der Waals surface area contributed by atoms with E-state index in [1.54, 1.807) is 18.0 Å². The predicted molar refractivity (Wildman–Crippen MR) is 68.8 cm³/mol. The molecule has 1 saturated carbocycles. The third-order valence-corrected chi connectivity index (χ3v) is 3.36. The fraction of sp³-hybridized carbons (Fsp3) is 0.385. The molecular weight excluding hydrogens is 228 g/mol. The van der Waals surface area contributed by atoms with E-state index < -0.39 is 0 Å². The van der Waals surface area contributed by atoms with Crippen molar-refractivity contribution >= 4 is 5.69 Å². The fourth-order valence-electron chi connectivity index (χ4n) is 2.23. The molecule has 18 heavy (non-hydrogen) atoms. The van der Waals surface area contributed by atoms with Crippen LogP contribution in [0.15, 0.2) is 36.7 Å². The van der Waals surface area contributed by atoms with Crippen molar-refractivity contribution in [1.29, 1.82) is 0 Å². The van der Waals surface area contributed by atoms with Crippen molar-refractivity contribution in [2.45, 2.75) is 25.0 Å². The van der Waals surface area contributed by atoms with Crippen molar-refractivity contribution in [2.75, 3.05) is 12.4 Å². The number of benzene rings is 1. The van der Waals surface area contributed by atoms with Crippen molar-refractivity contribution in [3.63, 3.8) is 0 Å². The quantitative estimate of drug-likeness (QED) is 0.892. The van der Waals surface area contributed by atoms with E-state index in [0.29, 0.717) is 12.1 Å². The first-order chi connectivity index (χ1) is 8.86. The molecule has 1 aromatic carbocycles. The van der Waals surface area contributed by atoms with E-state index in [9.17, 15) is 0 Å². The number of hydrogen-bond acceptors (Lipinski definition) is 4. The van der Waals surface area contributed by atoms with Gasteiger partial charge in [0.2, 0.25) is 0 Å². The molecule has 5 heteroatoms. The Morgan fingerprint density at radius 2 is 2.17 bits per heavy atom. The summed E-state index contributed by atoms with van der Waals surface area (Å²) >= 11 is 0. The van der Waals surface area contributed by atoms with Crippen LogP contribution in [0.4, 0.5) is 5.69 Å². The molecule has 1 aliphatic carbocycles. The summed E-state index contributed by atoms with van der Waals surface area (Å²) in [7, 11) is 1.77. The Hall–Kier alpha value is -1.88. The zero-order chi connectivity index (χ0) is 12.4. The number of nitrogens with one attached hydrogen (secondary N) is 1. The lowest BCUT2D eigenvalue weighted by atomic mass is 9.89. The number of hydrogen-bond donors (Lipinski definition) is 1. The second-order valence-corrected chi connectivity index (χ2v) is 4.54. The second-order valence-electron chi connectivity index (χ2n) is 4.54. The number of para-hydroxylation sites is 2. The van der Waals surface area contributed by atoms with Crippen molar-refractivity contribution in [3.05, 3.63) is 36.7 Å². The van der Waals surface area contributed by atoms with Gasteiger partial charge in [-0.15, -0.1) is 5.10 Å². The van der Waals surface area contributed by atoms with E-state index in [1.165, 1.54) is 0 Å². The number of ether oxygens (including phenoxy) is 1. The first-order valence-electron chi connectivity index (χ1n) is 6.12. The molecule has 0 unspecified atom stereocenters. The largest absolute Gasteiger partial charge is 0.381 e. The van der Waals surface area contributed by atoms with Crippen LogP contribution in [0.5, 0.6) is 0 Å². The number of aromatic nitrogens is 3. The Morgan fingerprint density at radius 3 is 2.89 bits per heavy atom. The van der Waals surface area contributed by atoms with Crippen molar-refractivity contribution in [1.82, 2.24) is 15.0 Å². The monoisotopic (exact) mass is 244 g/mol. The summed E-state index contributed by atoms with van der Waals surface area (Å²) in [5.41, 5.74) is 2.11. The van der Waals surface area contributed by atoms with Crippen LogP contribution in [0.25, 0.3) is 5.69 Å². The Kier molecular flexibility index (Phi) is 2.98. The lowest BCUT2D eigenvalue weighted by Gasteiger charge is -2.35. The molecule has 1 fully saturated rings. The summed E-state index contributed by atoms with van der Waals surface area (Å²) in [6.45, 7) is 0. The summed E-state index contributed by atoms with van der Waals surface area (Å²) in [6, 6.07) is 8.61. The molecule has 1 aromatic heterocycles. The Balaban J connectivity index is 1.76. The molecule has 1 heterocycles. The standard InChI is InChI=1S/C13H16N4O/c1-18-11-8-10(9-11)15-12-4-2-3-5-13(12)17-7-6-14-16-17/h2-7,10-11,15H,8-9H2,1H3. The van der Waals surface area contributed by atoms with E-state index in [0.717, 1.165) is 24.2 Å². The summed E-state index contributed by atoms with van der Waals surface area (Å²) in [5.74, 6) is 0. The maximum absolute atomic E-state index is 5.29. The van der Waals surface area contributed by atoms with Gasteiger partial charge >= 0.3 is 0 Å². The molecule has 0 spiro atoms. The van der Waals surface area contributed by atoms with Gasteiger partial charge < -0.3 is 10.1 Å². The molecule has 1 N–H and O–H groups in total. The molecule has 0 radical (unpaired) electrons. The van der Waals surface area contributed by atoms with Crippen LogP contribution < -0.4 is 5.32 Å². The maximum atomic E-state index is 5.29. The van der Waals surface area contributed by atoms with Gasteiger partial charge in [-0.25, -0.2) is 4.68 Å². The average Bonchev–Trinajstić information content (AvgIpc) is 2.87. The highest BCUT2D eigenvalue weighted by Crippen LogP contribution is 2.28. The smallest absolute Gasteiger partial charge is 0.0894 e. The molecule has 1 aliphatic rings. The number of rotatable bonds is 4. The summed E-state index contributed by atoms with van der Waals surface area (Å²) in [6.07, 6.45) is 6.05. The molecule has 5 nitrogen and oxygen atoms in total. The average molecular weight is 244 g/mol. The number of methoxy groups -OCH3 is 1. The van der Waals surface area contributed by atoms with Gasteiger partial charge in [-0.2, -0.15) is 0 Å². The van der Waals surface area contributed by atoms with Crippen molar-refractivity contribution in [3.8, 4) is 5.69 Å². The maximum Gasteiger partial charge on any atom is 0.0894 e. The molecule has 0 aliphatic heterocycles. The predicted octanol–water partition coefficient (Wildman–Crippen LogP) is 1.86. The number of anilines is 1. The van der Waals surface area contributed by atoms with Crippen molar-refractivity contribution in [2.24, 2.45) is 0 Å². The highest BCUT2D eigenvalue weighted by Gasteiger charge is 2.29. The van der Waals surface area contributed by atoms with E-state index in [-0.39, 0.29) is 0 Å². The number of nitrogens with zero attached hydrogens (tertiary/aromatic N) is 3. The third-order valence-electron chi connectivity index (χ3n) is 3.36. The van der Waals surface area contributed by atoms with E-state index in [2.05, 4.69) is 21.7 Å². The van der Waals surface area contributed by atoms with E-state index in [4.69, 9.17) is 4.74 Å².